The molecule has 3 rings (SSSR count). The number of aromatic nitrogens is 1. The highest BCUT2D eigenvalue weighted by Crippen LogP contribution is 2.26. The van der Waals surface area contributed by atoms with E-state index in [1.54, 1.807) is 48.8 Å². The quantitative estimate of drug-likeness (QED) is 0.409. The molecule has 0 spiro atoms. The van der Waals surface area contributed by atoms with E-state index in [1.807, 2.05) is 0 Å². The predicted octanol–water partition coefficient (Wildman–Crippen LogP) is 3.21. The van der Waals surface area contributed by atoms with Crippen molar-refractivity contribution < 1.29 is 14.5 Å². The second-order valence-corrected chi connectivity index (χ2v) is 6.31. The van der Waals surface area contributed by atoms with Crippen LogP contribution in [0.1, 0.15) is 26.3 Å². The first-order valence-electron chi connectivity index (χ1n) is 9.02. The molecule has 0 aliphatic heterocycles. The fraction of sp³-hybridized carbons (Fsp3) is 0.0952. The van der Waals surface area contributed by atoms with Gasteiger partial charge in [-0.15, -0.1) is 0 Å². The Morgan fingerprint density at radius 2 is 1.63 bits per heavy atom. The van der Waals surface area contributed by atoms with Gasteiger partial charge in [-0.25, -0.2) is 0 Å². The summed E-state index contributed by atoms with van der Waals surface area (Å²) in [5.74, 6) is -0.647. The van der Waals surface area contributed by atoms with E-state index in [4.69, 9.17) is 0 Å². The van der Waals surface area contributed by atoms with E-state index in [1.165, 1.54) is 25.2 Å². The molecular formula is C21H19N5O4. The van der Waals surface area contributed by atoms with Crippen molar-refractivity contribution in [3.05, 3.63) is 93.8 Å². The molecule has 0 unspecified atom stereocenters. The third-order valence-electron chi connectivity index (χ3n) is 4.32. The first-order chi connectivity index (χ1) is 14.5. The Labute approximate surface area is 172 Å². The smallest absolute Gasteiger partial charge is 0.293 e. The van der Waals surface area contributed by atoms with Crippen LogP contribution in [0.4, 0.5) is 17.1 Å². The Bertz CT molecular complexity index is 1070. The largest absolute Gasteiger partial charge is 0.375 e. The van der Waals surface area contributed by atoms with E-state index < -0.39 is 10.8 Å². The van der Waals surface area contributed by atoms with E-state index in [9.17, 15) is 19.7 Å². The number of carbonyl (C=O) groups excluding carboxylic acids is 2. The van der Waals surface area contributed by atoms with Gasteiger partial charge in [0.1, 0.15) is 5.69 Å². The topological polar surface area (TPSA) is 126 Å². The van der Waals surface area contributed by atoms with Crippen LogP contribution in [-0.4, -0.2) is 28.8 Å². The van der Waals surface area contributed by atoms with Crippen molar-refractivity contribution in [3.8, 4) is 0 Å². The predicted molar refractivity (Wildman–Crippen MR) is 112 cm³/mol. The Kier molecular flexibility index (Phi) is 6.33. The maximum Gasteiger partial charge on any atom is 0.293 e. The maximum atomic E-state index is 12.3. The number of hydrogen-bond donors (Lipinski definition) is 3. The van der Waals surface area contributed by atoms with E-state index in [-0.39, 0.29) is 17.2 Å². The van der Waals surface area contributed by atoms with Gasteiger partial charge in [0.15, 0.2) is 0 Å². The van der Waals surface area contributed by atoms with Gasteiger partial charge in [0.25, 0.3) is 17.5 Å². The van der Waals surface area contributed by atoms with Crippen molar-refractivity contribution in [1.82, 2.24) is 10.3 Å². The summed E-state index contributed by atoms with van der Waals surface area (Å²) in [5, 5.41) is 19.6. The summed E-state index contributed by atoms with van der Waals surface area (Å²) < 4.78 is 0. The number of nitro groups is 1. The Morgan fingerprint density at radius 3 is 2.27 bits per heavy atom. The van der Waals surface area contributed by atoms with Gasteiger partial charge in [-0.05, 0) is 42.0 Å². The molecule has 0 aliphatic rings. The monoisotopic (exact) mass is 405 g/mol. The van der Waals surface area contributed by atoms with E-state index in [0.717, 1.165) is 5.56 Å². The molecule has 9 nitrogen and oxygen atoms in total. The van der Waals surface area contributed by atoms with Crippen molar-refractivity contribution in [2.75, 3.05) is 17.7 Å². The van der Waals surface area contributed by atoms with Crippen LogP contribution in [0.3, 0.4) is 0 Å². The molecule has 152 valence electrons. The van der Waals surface area contributed by atoms with E-state index >= 15 is 0 Å². The van der Waals surface area contributed by atoms with Crippen molar-refractivity contribution in [2.24, 2.45) is 0 Å². The molecule has 1 aromatic heterocycles. The molecule has 0 fully saturated rings. The highest BCUT2D eigenvalue weighted by molar-refractivity contribution is 6.04. The van der Waals surface area contributed by atoms with Crippen LogP contribution >= 0.6 is 0 Å². The third-order valence-corrected chi connectivity index (χ3v) is 4.32. The summed E-state index contributed by atoms with van der Waals surface area (Å²) in [5.41, 5.74) is 2.28. The lowest BCUT2D eigenvalue weighted by Gasteiger charge is -2.09. The minimum atomic E-state index is -0.540. The van der Waals surface area contributed by atoms with E-state index in [2.05, 4.69) is 20.9 Å². The highest BCUT2D eigenvalue weighted by atomic mass is 16.6. The third kappa shape index (κ3) is 4.96. The number of rotatable bonds is 7. The zero-order valence-corrected chi connectivity index (χ0v) is 16.1. The molecule has 2 aromatic carbocycles. The van der Waals surface area contributed by atoms with Crippen molar-refractivity contribution in [2.45, 2.75) is 6.54 Å². The number of hydrogen-bond acceptors (Lipinski definition) is 6. The minimum absolute atomic E-state index is 0.190. The molecule has 1 heterocycles. The summed E-state index contributed by atoms with van der Waals surface area (Å²) in [6.45, 7) is 0.312. The SMILES string of the molecule is CNC(=O)c1ccc(NCc2ccc(C(=O)Nc3ccncc3)cc2)c([N+](=O)[O-])c1. The summed E-state index contributed by atoms with van der Waals surface area (Å²) in [7, 11) is 1.46. The number of pyridine rings is 1. The molecule has 2 amide bonds. The summed E-state index contributed by atoms with van der Waals surface area (Å²) in [6.07, 6.45) is 3.18. The second kappa shape index (κ2) is 9.28. The summed E-state index contributed by atoms with van der Waals surface area (Å²) in [6, 6.07) is 14.5. The van der Waals surface area contributed by atoms with Gasteiger partial charge in [0.05, 0.1) is 4.92 Å². The van der Waals surface area contributed by atoms with Gasteiger partial charge < -0.3 is 16.0 Å². The first-order valence-corrected chi connectivity index (χ1v) is 9.02. The van der Waals surface area contributed by atoms with Gasteiger partial charge in [0.2, 0.25) is 0 Å². The Morgan fingerprint density at radius 1 is 0.967 bits per heavy atom. The molecule has 9 heteroatoms. The second-order valence-electron chi connectivity index (χ2n) is 6.31. The van der Waals surface area contributed by atoms with Crippen LogP contribution in [0.15, 0.2) is 67.0 Å². The van der Waals surface area contributed by atoms with Gasteiger partial charge in [-0.2, -0.15) is 0 Å². The minimum Gasteiger partial charge on any atom is -0.375 e. The molecule has 0 aliphatic carbocycles. The average molecular weight is 405 g/mol. The van der Waals surface area contributed by atoms with Crippen molar-refractivity contribution >= 4 is 28.9 Å². The summed E-state index contributed by atoms with van der Waals surface area (Å²) >= 11 is 0. The molecule has 3 aromatic rings. The molecule has 30 heavy (non-hydrogen) atoms. The molecule has 0 saturated carbocycles. The molecule has 0 bridgehead atoms. The van der Waals surface area contributed by atoms with Crippen molar-refractivity contribution in [3.63, 3.8) is 0 Å². The number of amides is 2. The van der Waals surface area contributed by atoms with Gasteiger partial charge in [0, 0.05) is 48.9 Å². The van der Waals surface area contributed by atoms with Crippen LogP contribution in [0.25, 0.3) is 0 Å². The number of carbonyl (C=O) groups is 2. The average Bonchev–Trinajstić information content (AvgIpc) is 2.78. The van der Waals surface area contributed by atoms with Crippen molar-refractivity contribution in [1.29, 1.82) is 0 Å². The fourth-order valence-electron chi connectivity index (χ4n) is 2.73. The molecular weight excluding hydrogens is 386 g/mol. The number of nitro benzene ring substituents is 1. The lowest BCUT2D eigenvalue weighted by molar-refractivity contribution is -0.384. The van der Waals surface area contributed by atoms with Crippen LogP contribution in [0, 0.1) is 10.1 Å². The lowest BCUT2D eigenvalue weighted by Crippen LogP contribution is -2.18. The number of benzene rings is 2. The Hall–Kier alpha value is -4.27. The number of nitrogens with zero attached hydrogens (tertiary/aromatic N) is 2. The summed E-state index contributed by atoms with van der Waals surface area (Å²) in [4.78, 5) is 38.7. The zero-order chi connectivity index (χ0) is 21.5. The zero-order valence-electron chi connectivity index (χ0n) is 16.1. The van der Waals surface area contributed by atoms with Gasteiger partial charge in [-0.1, -0.05) is 12.1 Å². The Balaban J connectivity index is 1.67. The van der Waals surface area contributed by atoms with Gasteiger partial charge in [-0.3, -0.25) is 24.7 Å². The number of nitrogens with one attached hydrogen (secondary N) is 3. The van der Waals surface area contributed by atoms with Crippen LogP contribution in [0.5, 0.6) is 0 Å². The van der Waals surface area contributed by atoms with Crippen LogP contribution < -0.4 is 16.0 Å². The van der Waals surface area contributed by atoms with Crippen LogP contribution in [-0.2, 0) is 6.54 Å². The highest BCUT2D eigenvalue weighted by Gasteiger charge is 2.17. The standard InChI is InChI=1S/C21H19N5O4/c1-22-20(27)16-6-7-18(19(12-16)26(29)30)24-13-14-2-4-15(5-3-14)21(28)25-17-8-10-23-11-9-17/h2-12,24H,13H2,1H3,(H,22,27)(H,23,25,28). The number of anilines is 2. The molecule has 0 atom stereocenters. The molecule has 0 saturated heterocycles. The first kappa shape index (κ1) is 20.5. The van der Waals surface area contributed by atoms with E-state index in [0.29, 0.717) is 23.5 Å². The molecule has 3 N–H and O–H groups in total. The molecule has 0 radical (unpaired) electrons. The fourth-order valence-corrected chi connectivity index (χ4v) is 2.73. The normalized spacial score (nSPS) is 10.2. The van der Waals surface area contributed by atoms with Gasteiger partial charge >= 0.3 is 0 Å². The van der Waals surface area contributed by atoms with Crippen LogP contribution in [0.2, 0.25) is 0 Å². The lowest BCUT2D eigenvalue weighted by atomic mass is 10.1. The maximum absolute atomic E-state index is 12.3.